The van der Waals surface area contributed by atoms with Gasteiger partial charge in [0.2, 0.25) is 0 Å². The minimum Gasteiger partial charge on any atom is -0.329 e. The molecule has 0 aromatic heterocycles. The average Bonchev–Trinajstić information content (AvgIpc) is 3.09. The molecule has 1 aromatic carbocycles. The molecule has 0 heterocycles. The fraction of sp³-hybridized carbons (Fsp3) is 0.538. The predicted molar refractivity (Wildman–Crippen MR) is 70.6 cm³/mol. The minimum absolute atomic E-state index is 0. The van der Waals surface area contributed by atoms with Crippen LogP contribution in [0.15, 0.2) is 18.2 Å². The molecule has 2 nitrogen and oxygen atoms in total. The van der Waals surface area contributed by atoms with Crippen LogP contribution in [-0.2, 0) is 6.54 Å². The zero-order valence-corrected chi connectivity index (χ0v) is 11.2. The predicted octanol–water partition coefficient (Wildman–Crippen LogP) is 2.56. The summed E-state index contributed by atoms with van der Waals surface area (Å²) in [5.74, 6) is -0.369. The van der Waals surface area contributed by atoms with Crippen molar-refractivity contribution in [2.24, 2.45) is 11.7 Å². The van der Waals surface area contributed by atoms with E-state index >= 15 is 0 Å². The highest BCUT2D eigenvalue weighted by atomic mass is 35.5. The Morgan fingerprint density at radius 3 is 2.33 bits per heavy atom. The number of nitrogens with zero attached hydrogens (tertiary/aromatic N) is 1. The van der Waals surface area contributed by atoms with Gasteiger partial charge in [0.25, 0.3) is 0 Å². The van der Waals surface area contributed by atoms with Crippen molar-refractivity contribution in [1.29, 1.82) is 0 Å². The van der Waals surface area contributed by atoms with Crippen molar-refractivity contribution in [3.05, 3.63) is 35.4 Å². The number of halogens is 3. The van der Waals surface area contributed by atoms with E-state index in [1.807, 2.05) is 11.9 Å². The lowest BCUT2D eigenvalue weighted by Crippen LogP contribution is -2.39. The van der Waals surface area contributed by atoms with Gasteiger partial charge in [0, 0.05) is 24.7 Å². The Morgan fingerprint density at radius 1 is 1.33 bits per heavy atom. The summed E-state index contributed by atoms with van der Waals surface area (Å²) in [4.78, 5) is 1.96. The van der Waals surface area contributed by atoms with Gasteiger partial charge in [-0.2, -0.15) is 0 Å². The molecule has 1 saturated carbocycles. The standard InChI is InChI=1S/C13H18F2N2.ClH/c1-17(13(7-16)9-5-6-9)8-10-11(14)3-2-4-12(10)15;/h2-4,9,13H,5-8,16H2,1H3;1H. The molecule has 102 valence electrons. The molecule has 1 aliphatic carbocycles. The lowest BCUT2D eigenvalue weighted by Gasteiger charge is -2.27. The second kappa shape index (κ2) is 6.45. The molecule has 1 aromatic rings. The van der Waals surface area contributed by atoms with E-state index < -0.39 is 11.6 Å². The lowest BCUT2D eigenvalue weighted by atomic mass is 10.1. The van der Waals surface area contributed by atoms with Crippen LogP contribution < -0.4 is 5.73 Å². The van der Waals surface area contributed by atoms with Gasteiger partial charge in [-0.15, -0.1) is 12.4 Å². The van der Waals surface area contributed by atoms with Gasteiger partial charge in [-0.25, -0.2) is 8.78 Å². The van der Waals surface area contributed by atoms with Crippen LogP contribution in [0.25, 0.3) is 0 Å². The molecule has 1 fully saturated rings. The third kappa shape index (κ3) is 3.40. The maximum Gasteiger partial charge on any atom is 0.130 e. The van der Waals surface area contributed by atoms with E-state index in [2.05, 4.69) is 0 Å². The van der Waals surface area contributed by atoms with Gasteiger partial charge in [-0.3, -0.25) is 4.90 Å². The van der Waals surface area contributed by atoms with Crippen LogP contribution in [0.1, 0.15) is 18.4 Å². The van der Waals surface area contributed by atoms with Crippen molar-refractivity contribution in [3.8, 4) is 0 Å². The van der Waals surface area contributed by atoms with Crippen LogP contribution in [0, 0.1) is 17.6 Å². The van der Waals surface area contributed by atoms with E-state index in [1.165, 1.54) is 31.0 Å². The number of rotatable bonds is 5. The molecule has 1 atom stereocenters. The van der Waals surface area contributed by atoms with E-state index in [-0.39, 0.29) is 30.6 Å². The Kier molecular flexibility index (Phi) is 5.50. The fourth-order valence-corrected chi connectivity index (χ4v) is 2.26. The summed E-state index contributed by atoms with van der Waals surface area (Å²) in [6.45, 7) is 0.814. The molecule has 18 heavy (non-hydrogen) atoms. The second-order valence-electron chi connectivity index (χ2n) is 4.76. The Bertz CT molecular complexity index is 376. The maximum atomic E-state index is 13.5. The quantitative estimate of drug-likeness (QED) is 0.896. The normalized spacial score (nSPS) is 16.5. The van der Waals surface area contributed by atoms with Gasteiger partial charge < -0.3 is 5.73 Å². The molecule has 0 saturated heterocycles. The van der Waals surface area contributed by atoms with Crippen molar-refractivity contribution >= 4 is 12.4 Å². The maximum absolute atomic E-state index is 13.5. The molecule has 0 aliphatic heterocycles. The van der Waals surface area contributed by atoms with Gasteiger partial charge in [-0.05, 0) is 37.9 Å². The van der Waals surface area contributed by atoms with Crippen molar-refractivity contribution in [2.75, 3.05) is 13.6 Å². The summed E-state index contributed by atoms with van der Waals surface area (Å²) in [6, 6.07) is 4.20. The molecule has 0 bridgehead atoms. The van der Waals surface area contributed by atoms with E-state index in [4.69, 9.17) is 5.73 Å². The summed E-state index contributed by atoms with van der Waals surface area (Å²) < 4.78 is 27.0. The topological polar surface area (TPSA) is 29.3 Å². The smallest absolute Gasteiger partial charge is 0.130 e. The number of hydrogen-bond donors (Lipinski definition) is 1. The van der Waals surface area contributed by atoms with E-state index in [0.29, 0.717) is 12.5 Å². The fourth-order valence-electron chi connectivity index (χ4n) is 2.26. The number of likely N-dealkylation sites (N-methyl/N-ethyl adjacent to an activating group) is 1. The monoisotopic (exact) mass is 276 g/mol. The Morgan fingerprint density at radius 2 is 1.89 bits per heavy atom. The first-order chi connectivity index (χ1) is 8.13. The molecule has 5 heteroatoms. The highest BCUT2D eigenvalue weighted by Crippen LogP contribution is 2.35. The number of hydrogen-bond acceptors (Lipinski definition) is 2. The largest absolute Gasteiger partial charge is 0.329 e. The second-order valence-corrected chi connectivity index (χ2v) is 4.76. The van der Waals surface area contributed by atoms with Crippen molar-refractivity contribution in [3.63, 3.8) is 0 Å². The molecule has 2 rings (SSSR count). The first kappa shape index (κ1) is 15.3. The van der Waals surface area contributed by atoms with Crippen molar-refractivity contribution in [1.82, 2.24) is 4.90 Å². The molecule has 1 unspecified atom stereocenters. The summed E-state index contributed by atoms with van der Waals surface area (Å²) in [6.07, 6.45) is 2.35. The molecule has 0 amide bonds. The van der Waals surface area contributed by atoms with Crippen LogP contribution in [0.4, 0.5) is 8.78 Å². The van der Waals surface area contributed by atoms with Gasteiger partial charge >= 0.3 is 0 Å². The molecular formula is C13H19ClF2N2. The van der Waals surface area contributed by atoms with Crippen LogP contribution >= 0.6 is 12.4 Å². The van der Waals surface area contributed by atoms with E-state index in [1.54, 1.807) is 0 Å². The van der Waals surface area contributed by atoms with Gasteiger partial charge in [0.1, 0.15) is 11.6 Å². The first-order valence-electron chi connectivity index (χ1n) is 5.96. The SMILES string of the molecule is CN(Cc1c(F)cccc1F)C(CN)C1CC1.Cl. The Balaban J connectivity index is 0.00000162. The zero-order valence-electron chi connectivity index (χ0n) is 10.4. The highest BCUT2D eigenvalue weighted by molar-refractivity contribution is 5.85. The Labute approximate surface area is 113 Å². The summed E-state index contributed by atoms with van der Waals surface area (Å²) >= 11 is 0. The Hall–Kier alpha value is -0.710. The lowest BCUT2D eigenvalue weighted by molar-refractivity contribution is 0.210. The van der Waals surface area contributed by atoms with Crippen LogP contribution in [0.2, 0.25) is 0 Å². The van der Waals surface area contributed by atoms with Crippen LogP contribution in [-0.4, -0.2) is 24.5 Å². The number of nitrogens with two attached hydrogens (primary N) is 1. The molecule has 0 spiro atoms. The first-order valence-corrected chi connectivity index (χ1v) is 5.96. The van der Waals surface area contributed by atoms with Crippen molar-refractivity contribution < 1.29 is 8.78 Å². The molecular weight excluding hydrogens is 258 g/mol. The highest BCUT2D eigenvalue weighted by Gasteiger charge is 2.33. The van der Waals surface area contributed by atoms with Gasteiger partial charge in [0.15, 0.2) is 0 Å². The average molecular weight is 277 g/mol. The van der Waals surface area contributed by atoms with Gasteiger partial charge in [-0.1, -0.05) is 6.07 Å². The molecule has 2 N–H and O–H groups in total. The minimum atomic E-state index is -0.483. The third-order valence-electron chi connectivity index (χ3n) is 3.44. The van der Waals surface area contributed by atoms with E-state index in [9.17, 15) is 8.78 Å². The summed E-state index contributed by atoms with van der Waals surface area (Å²) in [5.41, 5.74) is 5.85. The zero-order chi connectivity index (χ0) is 12.4. The third-order valence-corrected chi connectivity index (χ3v) is 3.44. The van der Waals surface area contributed by atoms with Gasteiger partial charge in [0.05, 0.1) is 0 Å². The number of benzene rings is 1. The molecule has 0 radical (unpaired) electrons. The molecule has 1 aliphatic rings. The van der Waals surface area contributed by atoms with Crippen molar-refractivity contribution in [2.45, 2.75) is 25.4 Å². The van der Waals surface area contributed by atoms with Crippen LogP contribution in [0.3, 0.4) is 0 Å². The van der Waals surface area contributed by atoms with Crippen LogP contribution in [0.5, 0.6) is 0 Å². The summed E-state index contributed by atoms with van der Waals surface area (Å²) in [5, 5.41) is 0. The summed E-state index contributed by atoms with van der Waals surface area (Å²) in [7, 11) is 1.88. The van der Waals surface area contributed by atoms with E-state index in [0.717, 1.165) is 0 Å².